The maximum Gasteiger partial charge on any atom is 0.266 e. The van der Waals surface area contributed by atoms with Crippen molar-refractivity contribution in [3.8, 4) is 5.75 Å². The summed E-state index contributed by atoms with van der Waals surface area (Å²) in [7, 11) is -3.35. The number of phenols is 1. The average Bonchev–Trinajstić information content (AvgIpc) is 3.33. The summed E-state index contributed by atoms with van der Waals surface area (Å²) in [6, 6.07) is 3.67. The first kappa shape index (κ1) is 20.5. The zero-order valence-corrected chi connectivity index (χ0v) is 19.0. The molecule has 1 aromatic carbocycles. The lowest BCUT2D eigenvalue weighted by atomic mass is 9.81. The molecule has 6 nitrogen and oxygen atoms in total. The molecule has 0 saturated heterocycles. The van der Waals surface area contributed by atoms with Crippen LogP contribution in [0.1, 0.15) is 37.3 Å². The molecule has 5 rings (SSSR count). The summed E-state index contributed by atoms with van der Waals surface area (Å²) < 4.78 is 28.3. The first-order valence-electron chi connectivity index (χ1n) is 10.3. The van der Waals surface area contributed by atoms with Crippen LogP contribution in [0.25, 0.3) is 26.6 Å². The van der Waals surface area contributed by atoms with Gasteiger partial charge in [0.25, 0.3) is 5.56 Å². The van der Waals surface area contributed by atoms with E-state index in [0.29, 0.717) is 22.2 Å². The Bertz CT molecular complexity index is 1440. The summed E-state index contributed by atoms with van der Waals surface area (Å²) in [4.78, 5) is 15.4. The molecule has 0 aliphatic heterocycles. The van der Waals surface area contributed by atoms with Gasteiger partial charge in [-0.15, -0.1) is 11.3 Å². The Morgan fingerprint density at radius 3 is 2.81 bits per heavy atom. The second-order valence-corrected chi connectivity index (χ2v) is 11.6. The molecule has 1 unspecified atom stereocenters. The van der Waals surface area contributed by atoms with Gasteiger partial charge in [-0.25, -0.2) is 13.1 Å². The Kier molecular flexibility index (Phi) is 4.66. The van der Waals surface area contributed by atoms with Crippen molar-refractivity contribution in [2.24, 2.45) is 5.41 Å². The van der Waals surface area contributed by atoms with Crippen LogP contribution in [0.15, 0.2) is 40.5 Å². The van der Waals surface area contributed by atoms with E-state index in [4.69, 9.17) is 0 Å². The van der Waals surface area contributed by atoms with Crippen LogP contribution < -0.4 is 10.3 Å². The normalized spacial score (nSPS) is 21.7. The van der Waals surface area contributed by atoms with Gasteiger partial charge >= 0.3 is 0 Å². The number of fused-ring (bicyclic) bond motifs is 3. The van der Waals surface area contributed by atoms with Crippen molar-refractivity contribution in [3.05, 3.63) is 57.2 Å². The summed E-state index contributed by atoms with van der Waals surface area (Å²) in [5, 5.41) is 14.4. The molecule has 8 heteroatoms. The molecular formula is C23H24N2O4S2. The molecule has 2 heterocycles. The Hall–Kier alpha value is -2.42. The summed E-state index contributed by atoms with van der Waals surface area (Å²) in [5.41, 5.74) is 2.34. The van der Waals surface area contributed by atoms with Crippen molar-refractivity contribution < 1.29 is 13.5 Å². The summed E-state index contributed by atoms with van der Waals surface area (Å²) >= 11 is 1.38. The van der Waals surface area contributed by atoms with E-state index in [1.54, 1.807) is 6.07 Å². The minimum absolute atomic E-state index is 0.0273. The van der Waals surface area contributed by atoms with Crippen LogP contribution in [0.2, 0.25) is 0 Å². The fourth-order valence-electron chi connectivity index (χ4n) is 4.37. The number of nitrogens with one attached hydrogen (secondary N) is 2. The van der Waals surface area contributed by atoms with Crippen molar-refractivity contribution in [3.63, 3.8) is 0 Å². The van der Waals surface area contributed by atoms with Crippen LogP contribution >= 0.6 is 11.3 Å². The van der Waals surface area contributed by atoms with Crippen molar-refractivity contribution in [2.75, 3.05) is 5.75 Å². The fraction of sp³-hybridized carbons (Fsp3) is 0.348. The smallest absolute Gasteiger partial charge is 0.266 e. The van der Waals surface area contributed by atoms with Gasteiger partial charge in [0, 0.05) is 27.8 Å². The number of thiophene rings is 1. The molecule has 0 amide bonds. The molecule has 31 heavy (non-hydrogen) atoms. The van der Waals surface area contributed by atoms with Gasteiger partial charge in [-0.2, -0.15) is 0 Å². The number of H-pyrrole nitrogens is 1. The van der Waals surface area contributed by atoms with E-state index in [9.17, 15) is 18.3 Å². The average molecular weight is 457 g/mol. The zero-order chi connectivity index (χ0) is 22.0. The van der Waals surface area contributed by atoms with Gasteiger partial charge in [0.2, 0.25) is 10.0 Å². The lowest BCUT2D eigenvalue weighted by Crippen LogP contribution is -2.35. The number of aromatic nitrogens is 1. The highest BCUT2D eigenvalue weighted by atomic mass is 32.2. The molecular weight excluding hydrogens is 432 g/mol. The second kappa shape index (κ2) is 7.05. The molecule has 1 atom stereocenters. The van der Waals surface area contributed by atoms with Crippen molar-refractivity contribution in [2.45, 2.75) is 39.2 Å². The van der Waals surface area contributed by atoms with E-state index in [2.05, 4.69) is 9.71 Å². The molecule has 3 aromatic rings. The number of allylic oxidation sites excluding steroid dienone is 4. The van der Waals surface area contributed by atoms with E-state index in [0.717, 1.165) is 34.8 Å². The van der Waals surface area contributed by atoms with Crippen molar-refractivity contribution >= 4 is 47.9 Å². The van der Waals surface area contributed by atoms with E-state index >= 15 is 0 Å². The monoisotopic (exact) mass is 456 g/mol. The van der Waals surface area contributed by atoms with Gasteiger partial charge < -0.3 is 10.1 Å². The Balaban J connectivity index is 1.57. The highest BCUT2D eigenvalue weighted by Gasteiger charge is 2.34. The predicted octanol–water partition coefficient (Wildman–Crippen LogP) is 4.19. The van der Waals surface area contributed by atoms with Gasteiger partial charge in [-0.05, 0) is 54.8 Å². The minimum atomic E-state index is -3.35. The molecule has 2 aromatic heterocycles. The van der Waals surface area contributed by atoms with Crippen LogP contribution in [0, 0.1) is 12.3 Å². The number of aryl methyl sites for hydroxylation is 1. The Morgan fingerprint density at radius 2 is 2.13 bits per heavy atom. The zero-order valence-electron chi connectivity index (χ0n) is 17.4. The summed E-state index contributed by atoms with van der Waals surface area (Å²) in [6.45, 7) is 3.80. The quantitative estimate of drug-likeness (QED) is 0.536. The topological polar surface area (TPSA) is 99.3 Å². The van der Waals surface area contributed by atoms with E-state index in [1.165, 1.54) is 11.3 Å². The van der Waals surface area contributed by atoms with Gasteiger partial charge in [0.15, 0.2) is 0 Å². The van der Waals surface area contributed by atoms with Crippen LogP contribution in [-0.4, -0.2) is 30.3 Å². The van der Waals surface area contributed by atoms with Crippen LogP contribution in [-0.2, 0) is 10.0 Å². The lowest BCUT2D eigenvalue weighted by Gasteiger charge is -2.28. The molecule has 1 fully saturated rings. The van der Waals surface area contributed by atoms with Gasteiger partial charge in [0.1, 0.15) is 10.4 Å². The van der Waals surface area contributed by atoms with Crippen LogP contribution in [0.5, 0.6) is 5.75 Å². The number of hydrogen-bond acceptors (Lipinski definition) is 5. The third kappa shape index (κ3) is 3.73. The number of hydrogen-bond donors (Lipinski definition) is 3. The van der Waals surface area contributed by atoms with E-state index in [-0.39, 0.29) is 23.1 Å². The maximum atomic E-state index is 12.5. The van der Waals surface area contributed by atoms with Crippen molar-refractivity contribution in [1.82, 2.24) is 9.71 Å². The number of aromatic amines is 1. The number of benzene rings is 1. The number of rotatable bonds is 5. The molecule has 3 N–H and O–H groups in total. The predicted molar refractivity (Wildman–Crippen MR) is 126 cm³/mol. The third-order valence-corrected chi connectivity index (χ3v) is 8.71. The minimum Gasteiger partial charge on any atom is -0.507 e. The third-order valence-electron chi connectivity index (χ3n) is 6.07. The first-order valence-corrected chi connectivity index (χ1v) is 12.8. The molecule has 162 valence electrons. The van der Waals surface area contributed by atoms with Crippen molar-refractivity contribution in [1.29, 1.82) is 0 Å². The SMILES string of the molecule is Cc1cc(O)c(C2=CCC(C)(CS(=O)(=O)NC3CC3)C=C2)c2c1[nH]c(=O)c1sccc12. The maximum absolute atomic E-state index is 12.5. The molecule has 0 radical (unpaired) electrons. The van der Waals surface area contributed by atoms with Gasteiger partial charge in [0.05, 0.1) is 11.3 Å². The highest BCUT2D eigenvalue weighted by Crippen LogP contribution is 2.42. The number of aromatic hydroxyl groups is 1. The number of pyridine rings is 1. The lowest BCUT2D eigenvalue weighted by molar-refractivity contribution is 0.467. The van der Waals surface area contributed by atoms with Gasteiger partial charge in [-0.3, -0.25) is 4.79 Å². The molecule has 2 aliphatic rings. The van der Waals surface area contributed by atoms with E-state index in [1.807, 2.05) is 43.5 Å². The first-order chi connectivity index (χ1) is 14.7. The molecule has 2 aliphatic carbocycles. The standard InChI is InChI=1S/C23H24N2O4S2/c1-13-11-17(26)18(19-16-7-10-30-21(16)22(27)24-20(13)19)14-5-8-23(2,9-6-14)12-31(28,29)25-15-3-4-15/h5-8,10-11,15,25-26H,3-4,9,12H2,1-2H3,(H,24,27). The Labute approximate surface area is 184 Å². The Morgan fingerprint density at radius 1 is 1.35 bits per heavy atom. The fourth-order valence-corrected chi connectivity index (χ4v) is 7.07. The number of phenolic OH excluding ortho intramolecular Hbond substituents is 1. The van der Waals surface area contributed by atoms with Crippen LogP contribution in [0.4, 0.5) is 0 Å². The second-order valence-electron chi connectivity index (χ2n) is 8.96. The summed E-state index contributed by atoms with van der Waals surface area (Å²) in [6.07, 6.45) is 8.16. The number of sulfonamides is 1. The van der Waals surface area contributed by atoms with Crippen LogP contribution in [0.3, 0.4) is 0 Å². The summed E-state index contributed by atoms with van der Waals surface area (Å²) in [5.74, 6) is 0.173. The molecule has 0 bridgehead atoms. The largest absolute Gasteiger partial charge is 0.507 e. The van der Waals surface area contributed by atoms with E-state index < -0.39 is 15.4 Å². The van der Waals surface area contributed by atoms with Gasteiger partial charge in [-0.1, -0.05) is 25.2 Å². The molecule has 0 spiro atoms. The molecule has 1 saturated carbocycles. The highest BCUT2D eigenvalue weighted by molar-refractivity contribution is 7.89.